The number of nitrogens with zero attached hydrogens (tertiary/aromatic N) is 3. The molecule has 0 atom stereocenters. The third-order valence-electron chi connectivity index (χ3n) is 4.81. The molecule has 1 saturated heterocycles. The Morgan fingerprint density at radius 1 is 1.24 bits per heavy atom. The van der Waals surface area contributed by atoms with Crippen molar-refractivity contribution in [2.24, 2.45) is 0 Å². The van der Waals surface area contributed by atoms with Gasteiger partial charge in [0.25, 0.3) is 0 Å². The van der Waals surface area contributed by atoms with Crippen molar-refractivity contribution in [3.05, 3.63) is 47.4 Å². The van der Waals surface area contributed by atoms with Crippen LogP contribution in [0.4, 0.5) is 20.6 Å². The number of rotatable bonds is 5. The Kier molecular flexibility index (Phi) is 6.16. The van der Waals surface area contributed by atoms with Crippen LogP contribution in [0.1, 0.15) is 23.0 Å². The predicted molar refractivity (Wildman–Crippen MR) is 106 cm³/mol. The van der Waals surface area contributed by atoms with E-state index in [1.807, 2.05) is 11.0 Å². The van der Waals surface area contributed by atoms with Gasteiger partial charge < -0.3 is 25.0 Å². The van der Waals surface area contributed by atoms with Crippen LogP contribution in [0.25, 0.3) is 0 Å². The number of aromatic nitrogens is 1. The van der Waals surface area contributed by atoms with Crippen molar-refractivity contribution < 1.29 is 23.8 Å². The van der Waals surface area contributed by atoms with Gasteiger partial charge >= 0.3 is 12.0 Å². The number of aromatic carboxylic acids is 1. The fourth-order valence-corrected chi connectivity index (χ4v) is 3.27. The minimum atomic E-state index is -1.11. The summed E-state index contributed by atoms with van der Waals surface area (Å²) in [5.74, 6) is -1.25. The largest absolute Gasteiger partial charge is 0.480 e. The minimum absolute atomic E-state index is 0.0273. The number of carbonyl (C=O) groups excluding carboxylic acids is 1. The molecule has 3 rings (SSSR count). The van der Waals surface area contributed by atoms with E-state index in [4.69, 9.17) is 4.74 Å². The van der Waals surface area contributed by atoms with Gasteiger partial charge in [0.15, 0.2) is 0 Å². The number of carboxylic acids is 1. The molecule has 29 heavy (non-hydrogen) atoms. The van der Waals surface area contributed by atoms with Crippen LogP contribution in [0.15, 0.2) is 30.3 Å². The van der Waals surface area contributed by atoms with Gasteiger partial charge in [-0.1, -0.05) is 13.0 Å². The molecule has 2 N–H and O–H groups in total. The number of hydrogen-bond acceptors (Lipinski definition) is 5. The number of methoxy groups -OCH3 is 1. The third kappa shape index (κ3) is 4.56. The Bertz CT molecular complexity index is 913. The molecule has 9 heteroatoms. The molecule has 1 aliphatic heterocycles. The fraction of sp³-hybridized carbons (Fsp3) is 0.350. The van der Waals surface area contributed by atoms with Gasteiger partial charge in [-0.3, -0.25) is 0 Å². The van der Waals surface area contributed by atoms with Crippen LogP contribution < -0.4 is 15.0 Å². The van der Waals surface area contributed by atoms with E-state index in [2.05, 4.69) is 10.3 Å². The molecule has 1 fully saturated rings. The van der Waals surface area contributed by atoms with E-state index in [1.54, 1.807) is 17.9 Å². The number of urea groups is 1. The lowest BCUT2D eigenvalue weighted by Gasteiger charge is -2.36. The normalized spacial score (nSPS) is 13.9. The second-order valence-corrected chi connectivity index (χ2v) is 6.58. The third-order valence-corrected chi connectivity index (χ3v) is 4.81. The van der Waals surface area contributed by atoms with Crippen LogP contribution in [0.5, 0.6) is 5.88 Å². The summed E-state index contributed by atoms with van der Waals surface area (Å²) in [5.41, 5.74) is 1.40. The summed E-state index contributed by atoms with van der Waals surface area (Å²) in [4.78, 5) is 32.0. The molecule has 0 unspecified atom stereocenters. The monoisotopic (exact) mass is 402 g/mol. The zero-order valence-electron chi connectivity index (χ0n) is 16.3. The Labute approximate surface area is 167 Å². The van der Waals surface area contributed by atoms with Crippen molar-refractivity contribution >= 4 is 23.4 Å². The van der Waals surface area contributed by atoms with Crippen molar-refractivity contribution in [2.75, 3.05) is 43.5 Å². The number of amides is 2. The number of anilines is 2. The highest BCUT2D eigenvalue weighted by atomic mass is 19.1. The van der Waals surface area contributed by atoms with Gasteiger partial charge in [-0.05, 0) is 30.7 Å². The first-order chi connectivity index (χ1) is 13.9. The summed E-state index contributed by atoms with van der Waals surface area (Å²) in [6, 6.07) is 7.35. The number of nitrogens with one attached hydrogen (secondary N) is 1. The number of carboxylic acid groups (broad SMARTS) is 1. The number of halogens is 1. The molecule has 0 spiro atoms. The van der Waals surface area contributed by atoms with Crippen LogP contribution in [0, 0.1) is 5.82 Å². The molecule has 1 aromatic heterocycles. The number of aryl methyl sites for hydroxylation is 1. The molecule has 0 radical (unpaired) electrons. The predicted octanol–water partition coefficient (Wildman–Crippen LogP) is 2.84. The maximum absolute atomic E-state index is 13.4. The van der Waals surface area contributed by atoms with Gasteiger partial charge in [0, 0.05) is 31.9 Å². The standard InChI is InChI=1S/C20H23FN4O4/c1-3-16-15(19(26)27)12-17(18(22-16)29-2)23-20(28)25-9-7-24(8-10-25)14-6-4-5-13(21)11-14/h4-6,11-12H,3,7-10H2,1-2H3,(H,23,28)(H,26,27). The van der Waals surface area contributed by atoms with Crippen molar-refractivity contribution in [3.8, 4) is 5.88 Å². The van der Waals surface area contributed by atoms with Gasteiger partial charge in [-0.2, -0.15) is 0 Å². The SMILES string of the molecule is CCc1nc(OC)c(NC(=O)N2CCN(c3cccc(F)c3)CC2)cc1C(=O)O. The molecule has 0 aliphatic carbocycles. The van der Waals surface area contributed by atoms with Crippen molar-refractivity contribution in [2.45, 2.75) is 13.3 Å². The van der Waals surface area contributed by atoms with E-state index in [9.17, 15) is 19.1 Å². The number of piperazine rings is 1. The topological polar surface area (TPSA) is 95.0 Å². The molecular weight excluding hydrogens is 379 g/mol. The zero-order chi connectivity index (χ0) is 21.0. The summed E-state index contributed by atoms with van der Waals surface area (Å²) >= 11 is 0. The molecule has 8 nitrogen and oxygen atoms in total. The van der Waals surface area contributed by atoms with E-state index < -0.39 is 5.97 Å². The summed E-state index contributed by atoms with van der Waals surface area (Å²) < 4.78 is 18.6. The highest BCUT2D eigenvalue weighted by molar-refractivity contribution is 5.95. The lowest BCUT2D eigenvalue weighted by molar-refractivity contribution is 0.0695. The van der Waals surface area contributed by atoms with Crippen molar-refractivity contribution in [3.63, 3.8) is 0 Å². The summed E-state index contributed by atoms with van der Waals surface area (Å²) in [6.45, 7) is 3.79. The Morgan fingerprint density at radius 2 is 1.97 bits per heavy atom. The van der Waals surface area contributed by atoms with Gasteiger partial charge in [0.1, 0.15) is 11.5 Å². The zero-order valence-corrected chi connectivity index (χ0v) is 16.3. The van der Waals surface area contributed by atoms with Crippen LogP contribution in [0.2, 0.25) is 0 Å². The van der Waals surface area contributed by atoms with Crippen LogP contribution in [0.3, 0.4) is 0 Å². The Balaban J connectivity index is 1.69. The number of carbonyl (C=O) groups is 2. The number of benzene rings is 1. The molecule has 0 bridgehead atoms. The Morgan fingerprint density at radius 3 is 2.55 bits per heavy atom. The van der Waals surface area contributed by atoms with Crippen molar-refractivity contribution in [1.29, 1.82) is 0 Å². The molecule has 1 aromatic carbocycles. The molecule has 1 aliphatic rings. The first kappa shape index (κ1) is 20.4. The minimum Gasteiger partial charge on any atom is -0.480 e. The number of hydrogen-bond donors (Lipinski definition) is 2. The van der Waals surface area contributed by atoms with Crippen molar-refractivity contribution in [1.82, 2.24) is 9.88 Å². The van der Waals surface area contributed by atoms with E-state index in [0.717, 1.165) is 5.69 Å². The first-order valence-electron chi connectivity index (χ1n) is 9.30. The van der Waals surface area contributed by atoms with E-state index in [1.165, 1.54) is 25.3 Å². The van der Waals surface area contributed by atoms with Crippen LogP contribution in [-0.2, 0) is 6.42 Å². The first-order valence-corrected chi connectivity index (χ1v) is 9.30. The summed E-state index contributed by atoms with van der Waals surface area (Å²) in [5, 5.41) is 12.1. The van der Waals surface area contributed by atoms with Gasteiger partial charge in [-0.25, -0.2) is 19.0 Å². The average molecular weight is 402 g/mol. The van der Waals surface area contributed by atoms with Gasteiger partial charge in [0.2, 0.25) is 5.88 Å². The maximum atomic E-state index is 13.4. The average Bonchev–Trinajstić information content (AvgIpc) is 2.73. The van der Waals surface area contributed by atoms with E-state index in [0.29, 0.717) is 38.3 Å². The van der Waals surface area contributed by atoms with E-state index in [-0.39, 0.29) is 29.0 Å². The second-order valence-electron chi connectivity index (χ2n) is 6.58. The number of ether oxygens (including phenoxy) is 1. The highest BCUT2D eigenvalue weighted by Gasteiger charge is 2.24. The lowest BCUT2D eigenvalue weighted by Crippen LogP contribution is -2.50. The fourth-order valence-electron chi connectivity index (χ4n) is 3.27. The lowest BCUT2D eigenvalue weighted by atomic mass is 10.1. The molecule has 154 valence electrons. The van der Waals surface area contributed by atoms with Crippen LogP contribution >= 0.6 is 0 Å². The second kappa shape index (κ2) is 8.76. The molecular formula is C20H23FN4O4. The number of pyridine rings is 1. The summed E-state index contributed by atoms with van der Waals surface area (Å²) in [7, 11) is 1.41. The quantitative estimate of drug-likeness (QED) is 0.799. The molecule has 2 amide bonds. The van der Waals surface area contributed by atoms with Gasteiger partial charge in [-0.15, -0.1) is 0 Å². The van der Waals surface area contributed by atoms with E-state index >= 15 is 0 Å². The smallest absolute Gasteiger partial charge is 0.337 e. The molecule has 2 heterocycles. The molecule has 0 saturated carbocycles. The van der Waals surface area contributed by atoms with Crippen LogP contribution in [-0.4, -0.2) is 60.3 Å². The maximum Gasteiger partial charge on any atom is 0.337 e. The molecule has 2 aromatic rings. The Hall–Kier alpha value is -3.36. The van der Waals surface area contributed by atoms with Gasteiger partial charge in [0.05, 0.1) is 18.4 Å². The highest BCUT2D eigenvalue weighted by Crippen LogP contribution is 2.26. The summed E-state index contributed by atoms with van der Waals surface area (Å²) in [6.07, 6.45) is 0.425.